The van der Waals surface area contributed by atoms with Crippen molar-refractivity contribution in [3.63, 3.8) is 0 Å². The maximum Gasteiger partial charge on any atom is 0.410 e. The number of nitrogens with two attached hydrogens (primary N) is 1. The van der Waals surface area contributed by atoms with Crippen LogP contribution in [0, 0.1) is 6.92 Å². The van der Waals surface area contributed by atoms with Crippen molar-refractivity contribution < 1.29 is 9.53 Å². The molecule has 1 aliphatic rings. The number of rotatable bonds is 4. The van der Waals surface area contributed by atoms with Crippen LogP contribution in [0.2, 0.25) is 0 Å². The van der Waals surface area contributed by atoms with Gasteiger partial charge >= 0.3 is 6.09 Å². The molecule has 1 saturated heterocycles. The van der Waals surface area contributed by atoms with E-state index in [4.69, 9.17) is 15.6 Å². The van der Waals surface area contributed by atoms with E-state index in [2.05, 4.69) is 70.2 Å². The molecule has 2 aromatic carbocycles. The van der Waals surface area contributed by atoms with E-state index in [0.29, 0.717) is 18.9 Å². The van der Waals surface area contributed by atoms with E-state index in [0.717, 1.165) is 58.3 Å². The van der Waals surface area contributed by atoms with Crippen molar-refractivity contribution in [1.82, 2.24) is 29.3 Å². The highest BCUT2D eigenvalue weighted by atomic mass is 16.6. The molecule has 0 unspecified atom stereocenters. The third-order valence-electron chi connectivity index (χ3n) is 7.66. The molecule has 9 heteroatoms. The number of piperidine rings is 1. The fraction of sp³-hybridized carbons (Fsp3) is 0.355. The summed E-state index contributed by atoms with van der Waals surface area (Å²) in [5, 5.41) is 10.7. The molecule has 206 valence electrons. The summed E-state index contributed by atoms with van der Waals surface area (Å²) < 4.78 is 9.57. The Morgan fingerprint density at radius 1 is 1.07 bits per heavy atom. The summed E-state index contributed by atoms with van der Waals surface area (Å²) in [4.78, 5) is 18.7. The number of nitrogen functional groups attached to an aromatic ring is 1. The van der Waals surface area contributed by atoms with E-state index < -0.39 is 5.60 Å². The lowest BCUT2D eigenvalue weighted by Crippen LogP contribution is -2.41. The number of aromatic nitrogens is 5. The number of ether oxygens (including phenoxy) is 1. The molecule has 0 saturated carbocycles. The van der Waals surface area contributed by atoms with E-state index in [1.54, 1.807) is 4.90 Å². The Hall–Kier alpha value is -4.40. The number of hydrogen-bond acceptors (Lipinski definition) is 6. The molecule has 1 fully saturated rings. The lowest BCUT2D eigenvalue weighted by Gasteiger charge is -2.33. The minimum Gasteiger partial charge on any atom is -0.444 e. The van der Waals surface area contributed by atoms with Crippen LogP contribution in [0.4, 0.5) is 10.6 Å². The zero-order valence-electron chi connectivity index (χ0n) is 23.5. The Kier molecular flexibility index (Phi) is 6.44. The highest BCUT2D eigenvalue weighted by Crippen LogP contribution is 2.38. The molecule has 1 amide bonds. The van der Waals surface area contributed by atoms with E-state index >= 15 is 0 Å². The first-order valence-electron chi connectivity index (χ1n) is 13.8. The number of benzene rings is 2. The van der Waals surface area contributed by atoms with E-state index in [9.17, 15) is 4.79 Å². The summed E-state index contributed by atoms with van der Waals surface area (Å²) in [6, 6.07) is 18.9. The van der Waals surface area contributed by atoms with Gasteiger partial charge in [-0.3, -0.25) is 4.68 Å². The zero-order chi connectivity index (χ0) is 28.0. The second-order valence-corrected chi connectivity index (χ2v) is 11.6. The molecule has 3 aromatic heterocycles. The monoisotopic (exact) mass is 537 g/mol. The Bertz CT molecular complexity index is 1690. The number of amides is 1. The van der Waals surface area contributed by atoms with Crippen molar-refractivity contribution >= 4 is 28.3 Å². The molecule has 1 aliphatic heterocycles. The minimum atomic E-state index is -0.508. The molecule has 6 rings (SSSR count). The largest absolute Gasteiger partial charge is 0.444 e. The predicted octanol–water partition coefficient (Wildman–Crippen LogP) is 5.80. The van der Waals surface area contributed by atoms with Gasteiger partial charge in [0.15, 0.2) is 5.82 Å². The Morgan fingerprint density at radius 2 is 1.82 bits per heavy atom. The highest BCUT2D eigenvalue weighted by Gasteiger charge is 2.30. The molecular formula is C31H35N7O2. The maximum atomic E-state index is 12.6. The average molecular weight is 538 g/mol. The number of nitrogens with zero attached hydrogens (tertiary/aromatic N) is 6. The van der Waals surface area contributed by atoms with Gasteiger partial charge in [0.1, 0.15) is 17.4 Å². The number of fused-ring (bicyclic) bond motifs is 2. The van der Waals surface area contributed by atoms with Gasteiger partial charge in [0.2, 0.25) is 0 Å². The summed E-state index contributed by atoms with van der Waals surface area (Å²) >= 11 is 0. The summed E-state index contributed by atoms with van der Waals surface area (Å²) in [5.74, 6) is 0.665. The normalized spacial score (nSPS) is 14.8. The maximum absolute atomic E-state index is 12.6. The summed E-state index contributed by atoms with van der Waals surface area (Å²) in [7, 11) is 0. The Balaban J connectivity index is 1.32. The molecule has 5 aromatic rings. The fourth-order valence-corrected chi connectivity index (χ4v) is 5.63. The van der Waals surface area contributed by atoms with Crippen molar-refractivity contribution in [3.05, 3.63) is 77.9 Å². The minimum absolute atomic E-state index is 0.227. The van der Waals surface area contributed by atoms with Crippen LogP contribution in [0.3, 0.4) is 0 Å². The molecule has 0 aliphatic carbocycles. The first-order valence-corrected chi connectivity index (χ1v) is 13.8. The van der Waals surface area contributed by atoms with Crippen LogP contribution < -0.4 is 5.73 Å². The average Bonchev–Trinajstić information content (AvgIpc) is 3.47. The lowest BCUT2D eigenvalue weighted by molar-refractivity contribution is 0.0203. The van der Waals surface area contributed by atoms with Gasteiger partial charge in [-0.15, -0.1) is 0 Å². The van der Waals surface area contributed by atoms with Gasteiger partial charge in [-0.1, -0.05) is 42.5 Å². The van der Waals surface area contributed by atoms with Gasteiger partial charge in [0, 0.05) is 41.3 Å². The van der Waals surface area contributed by atoms with E-state index in [-0.39, 0.29) is 12.0 Å². The molecule has 40 heavy (non-hydrogen) atoms. The fourth-order valence-electron chi connectivity index (χ4n) is 5.63. The van der Waals surface area contributed by atoms with Crippen LogP contribution in [0.25, 0.3) is 27.5 Å². The predicted molar refractivity (Wildman–Crippen MR) is 156 cm³/mol. The van der Waals surface area contributed by atoms with Gasteiger partial charge in [0.05, 0.1) is 12.1 Å². The van der Waals surface area contributed by atoms with Crippen molar-refractivity contribution in [1.29, 1.82) is 0 Å². The summed E-state index contributed by atoms with van der Waals surface area (Å²) in [6.07, 6.45) is 2.88. The number of carbonyl (C=O) groups is 1. The zero-order valence-corrected chi connectivity index (χ0v) is 23.5. The molecule has 0 atom stereocenters. The number of likely N-dealkylation sites (tertiary alicyclic amines) is 1. The van der Waals surface area contributed by atoms with Crippen molar-refractivity contribution in [3.8, 4) is 11.1 Å². The molecule has 9 nitrogen and oxygen atoms in total. The summed E-state index contributed by atoms with van der Waals surface area (Å²) in [5.41, 5.74) is 13.1. The first-order chi connectivity index (χ1) is 19.2. The van der Waals surface area contributed by atoms with Crippen molar-refractivity contribution in [2.75, 3.05) is 18.8 Å². The van der Waals surface area contributed by atoms with Crippen LogP contribution in [0.1, 0.15) is 56.5 Å². The van der Waals surface area contributed by atoms with Crippen LogP contribution in [-0.2, 0) is 11.3 Å². The quantitative estimate of drug-likeness (QED) is 0.311. The van der Waals surface area contributed by atoms with Crippen molar-refractivity contribution in [2.24, 2.45) is 0 Å². The third kappa shape index (κ3) is 4.87. The van der Waals surface area contributed by atoms with Gasteiger partial charge in [-0.2, -0.15) is 10.2 Å². The van der Waals surface area contributed by atoms with Crippen molar-refractivity contribution in [2.45, 2.75) is 58.6 Å². The number of anilines is 1. The standard InChI is InChI=1S/C31H35N7O2/c1-20-24-11-10-23(16-26(24)35-37(20)18-21-8-6-5-7-9-21)25-17-27(38-28(25)29(32)33-19-34-38)22-12-14-36(15-13-22)30(39)40-31(2,3)4/h5-11,16-17,19,22H,12-15,18H2,1-4H3,(H2,32,33,34). The highest BCUT2D eigenvalue weighted by molar-refractivity contribution is 5.93. The SMILES string of the molecule is Cc1c2ccc(-c3cc(C4CCN(C(=O)OC(C)(C)C)CC4)n4ncnc(N)c34)cc2nn1Cc1ccccc1. The smallest absolute Gasteiger partial charge is 0.410 e. The Labute approximate surface area is 233 Å². The van der Waals surface area contributed by atoms with Gasteiger partial charge in [-0.05, 0) is 63.8 Å². The van der Waals surface area contributed by atoms with E-state index in [1.807, 2.05) is 31.4 Å². The summed E-state index contributed by atoms with van der Waals surface area (Å²) in [6.45, 7) is 9.77. The van der Waals surface area contributed by atoms with Crippen LogP contribution in [0.5, 0.6) is 0 Å². The second-order valence-electron chi connectivity index (χ2n) is 11.6. The number of hydrogen-bond donors (Lipinski definition) is 1. The Morgan fingerprint density at radius 3 is 2.55 bits per heavy atom. The first kappa shape index (κ1) is 25.9. The molecule has 0 spiro atoms. The van der Waals surface area contributed by atoms with Gasteiger partial charge in [-0.25, -0.2) is 14.3 Å². The number of carbonyl (C=O) groups excluding carboxylic acids is 1. The molecular weight excluding hydrogens is 502 g/mol. The van der Waals surface area contributed by atoms with Crippen LogP contribution in [-0.4, -0.2) is 54.1 Å². The topological polar surface area (TPSA) is 104 Å². The molecule has 4 heterocycles. The number of aryl methyl sites for hydroxylation is 1. The lowest BCUT2D eigenvalue weighted by atomic mass is 9.93. The van der Waals surface area contributed by atoms with Crippen LogP contribution >= 0.6 is 0 Å². The molecule has 0 bridgehead atoms. The van der Waals surface area contributed by atoms with Crippen LogP contribution in [0.15, 0.2) is 60.9 Å². The van der Waals surface area contributed by atoms with E-state index in [1.165, 1.54) is 11.9 Å². The third-order valence-corrected chi connectivity index (χ3v) is 7.66. The van der Waals surface area contributed by atoms with Gasteiger partial charge < -0.3 is 15.4 Å². The van der Waals surface area contributed by atoms with Gasteiger partial charge in [0.25, 0.3) is 0 Å². The molecule has 0 radical (unpaired) electrons. The molecule has 2 N–H and O–H groups in total. The second kappa shape index (κ2) is 9.97.